The van der Waals surface area contributed by atoms with E-state index in [4.69, 9.17) is 5.73 Å². The zero-order chi connectivity index (χ0) is 16.2. The van der Waals surface area contributed by atoms with Gasteiger partial charge in [-0.15, -0.1) is 11.3 Å². The molecule has 0 atom stereocenters. The molecule has 118 valence electrons. The molecule has 3 aromatic rings. The van der Waals surface area contributed by atoms with Gasteiger partial charge < -0.3 is 10.6 Å². The van der Waals surface area contributed by atoms with Crippen molar-refractivity contribution >= 4 is 60.8 Å². The van der Waals surface area contributed by atoms with Crippen molar-refractivity contribution in [2.24, 2.45) is 5.16 Å². The molecular weight excluding hydrogens is 361 g/mol. The van der Waals surface area contributed by atoms with E-state index in [0.29, 0.717) is 4.34 Å². The molecule has 23 heavy (non-hydrogen) atoms. The highest BCUT2D eigenvalue weighted by Gasteiger charge is 2.23. The number of halogens is 1. The van der Waals surface area contributed by atoms with Crippen molar-refractivity contribution in [3.63, 3.8) is 0 Å². The number of rotatable bonds is 5. The fraction of sp³-hybridized carbons (Fsp3) is 0.0833. The van der Waals surface area contributed by atoms with Crippen LogP contribution in [-0.2, 0) is 9.63 Å². The SMILES string of the molecule is Nc1nc(/C(=N/OCF)C(=O)Sc2nc3ccccc3s2)ns1. The number of thioether (sulfide) groups is 1. The molecule has 0 bridgehead atoms. The molecule has 0 saturated heterocycles. The second-order valence-corrected chi connectivity index (χ2v) is 7.01. The Labute approximate surface area is 141 Å². The van der Waals surface area contributed by atoms with E-state index in [1.54, 1.807) is 0 Å². The smallest absolute Gasteiger partial charge is 0.255 e. The monoisotopic (exact) mass is 369 g/mol. The molecule has 11 heteroatoms. The van der Waals surface area contributed by atoms with Gasteiger partial charge in [0.2, 0.25) is 11.5 Å². The van der Waals surface area contributed by atoms with E-state index in [2.05, 4.69) is 24.3 Å². The molecule has 2 aromatic heterocycles. The summed E-state index contributed by atoms with van der Waals surface area (Å²) in [6.07, 6.45) is 0. The Morgan fingerprint density at radius 3 is 2.91 bits per heavy atom. The van der Waals surface area contributed by atoms with Crippen LogP contribution in [0.1, 0.15) is 5.82 Å². The van der Waals surface area contributed by atoms with Crippen LogP contribution in [0.15, 0.2) is 33.8 Å². The number of alkyl halides is 1. The Kier molecular flexibility index (Phi) is 4.79. The topological polar surface area (TPSA) is 103 Å². The summed E-state index contributed by atoms with van der Waals surface area (Å²) in [5.41, 5.74) is 6.08. The number of hydrogen-bond donors (Lipinski definition) is 1. The largest absolute Gasteiger partial charge is 0.374 e. The molecule has 2 N–H and O–H groups in total. The number of nitrogens with zero attached hydrogens (tertiary/aromatic N) is 4. The molecular formula is C12H8FN5O2S3. The van der Waals surface area contributed by atoms with Gasteiger partial charge in [-0.05, 0) is 23.9 Å². The van der Waals surface area contributed by atoms with Gasteiger partial charge >= 0.3 is 0 Å². The summed E-state index contributed by atoms with van der Waals surface area (Å²) in [5.74, 6) is -0.000406. The Balaban J connectivity index is 1.85. The van der Waals surface area contributed by atoms with Gasteiger partial charge in [0, 0.05) is 11.5 Å². The fourth-order valence-electron chi connectivity index (χ4n) is 1.61. The van der Waals surface area contributed by atoms with Crippen molar-refractivity contribution in [2.75, 3.05) is 12.6 Å². The van der Waals surface area contributed by atoms with Gasteiger partial charge in [0.15, 0.2) is 9.47 Å². The first-order chi connectivity index (χ1) is 11.2. The number of nitrogen functional groups attached to an aromatic ring is 1. The molecule has 0 unspecified atom stereocenters. The molecule has 0 radical (unpaired) electrons. The lowest BCUT2D eigenvalue weighted by atomic mass is 10.3. The Morgan fingerprint density at radius 2 is 2.22 bits per heavy atom. The van der Waals surface area contributed by atoms with Crippen molar-refractivity contribution in [3.05, 3.63) is 30.1 Å². The van der Waals surface area contributed by atoms with Crippen LogP contribution < -0.4 is 5.73 Å². The third-order valence-electron chi connectivity index (χ3n) is 2.51. The van der Waals surface area contributed by atoms with Gasteiger partial charge in [-0.3, -0.25) is 4.79 Å². The lowest BCUT2D eigenvalue weighted by Crippen LogP contribution is -2.14. The molecule has 0 fully saturated rings. The summed E-state index contributed by atoms with van der Waals surface area (Å²) in [4.78, 5) is 24.9. The van der Waals surface area contributed by atoms with Crippen molar-refractivity contribution < 1.29 is 14.0 Å². The number of para-hydroxylation sites is 1. The zero-order valence-corrected chi connectivity index (χ0v) is 13.8. The Bertz CT molecular complexity index is 845. The Morgan fingerprint density at radius 1 is 1.39 bits per heavy atom. The van der Waals surface area contributed by atoms with E-state index in [9.17, 15) is 9.18 Å². The second-order valence-electron chi connectivity index (χ2n) is 3.97. The van der Waals surface area contributed by atoms with Crippen LogP contribution in [0.3, 0.4) is 0 Å². The lowest BCUT2D eigenvalue weighted by molar-refractivity contribution is -0.105. The van der Waals surface area contributed by atoms with Crippen LogP contribution in [-0.4, -0.2) is 32.0 Å². The van der Waals surface area contributed by atoms with Gasteiger partial charge in [-0.2, -0.15) is 9.36 Å². The number of hydrogen-bond acceptors (Lipinski definition) is 10. The summed E-state index contributed by atoms with van der Waals surface area (Å²) in [5, 5.41) is 3.12. The van der Waals surface area contributed by atoms with Gasteiger partial charge in [-0.1, -0.05) is 17.3 Å². The van der Waals surface area contributed by atoms with Crippen molar-refractivity contribution in [1.82, 2.24) is 14.3 Å². The quantitative estimate of drug-likeness (QED) is 0.419. The first-order valence-corrected chi connectivity index (χ1v) is 8.51. The lowest BCUT2D eigenvalue weighted by Gasteiger charge is -1.99. The van der Waals surface area contributed by atoms with Gasteiger partial charge in [0.05, 0.1) is 10.2 Å². The number of carbonyl (C=O) groups is 1. The number of oxime groups is 1. The molecule has 3 rings (SSSR count). The minimum absolute atomic E-state index is 0.000406. The number of carbonyl (C=O) groups excluding carboxylic acids is 1. The van der Waals surface area contributed by atoms with Gasteiger partial charge in [0.1, 0.15) is 0 Å². The summed E-state index contributed by atoms with van der Waals surface area (Å²) in [6.45, 7) is -1.16. The van der Waals surface area contributed by atoms with Crippen LogP contribution in [0.5, 0.6) is 0 Å². The zero-order valence-electron chi connectivity index (χ0n) is 11.3. The van der Waals surface area contributed by atoms with E-state index >= 15 is 0 Å². The second kappa shape index (κ2) is 6.98. The van der Waals surface area contributed by atoms with Crippen LogP contribution in [0.2, 0.25) is 0 Å². The maximum Gasteiger partial charge on any atom is 0.255 e. The number of anilines is 1. The summed E-state index contributed by atoms with van der Waals surface area (Å²) in [6, 6.07) is 7.51. The predicted octanol–water partition coefficient (Wildman–Crippen LogP) is 2.70. The van der Waals surface area contributed by atoms with E-state index in [-0.39, 0.29) is 16.7 Å². The number of aromatic nitrogens is 3. The Hall–Kier alpha value is -2.11. The number of fused-ring (bicyclic) bond motifs is 1. The third-order valence-corrected chi connectivity index (χ3v) is 5.02. The molecule has 0 aliphatic rings. The average Bonchev–Trinajstić information content (AvgIpc) is 3.13. The number of thiazole rings is 1. The summed E-state index contributed by atoms with van der Waals surface area (Å²) >= 11 is 3.12. The molecule has 0 aliphatic heterocycles. The molecule has 1 aromatic carbocycles. The fourth-order valence-corrected chi connectivity index (χ4v) is 3.93. The maximum atomic E-state index is 12.4. The number of benzene rings is 1. The average molecular weight is 369 g/mol. The minimum atomic E-state index is -1.16. The molecule has 2 heterocycles. The van der Waals surface area contributed by atoms with Crippen molar-refractivity contribution in [2.45, 2.75) is 4.34 Å². The molecule has 7 nitrogen and oxygen atoms in total. The van der Waals surface area contributed by atoms with Crippen LogP contribution in [0.4, 0.5) is 9.52 Å². The van der Waals surface area contributed by atoms with Gasteiger partial charge in [0.25, 0.3) is 12.0 Å². The van der Waals surface area contributed by atoms with E-state index in [1.165, 1.54) is 11.3 Å². The highest BCUT2D eigenvalue weighted by atomic mass is 32.2. The maximum absolute atomic E-state index is 12.4. The standard InChI is InChI=1S/C12H8FN5O2S3/c13-5-20-17-8(9-16-11(14)23-18-9)10(19)22-12-15-6-3-1-2-4-7(6)21-12/h1-4H,5H2,(H2,14,16,18)/b17-8-. The highest BCUT2D eigenvalue weighted by molar-refractivity contribution is 8.16. The molecule has 0 spiro atoms. The summed E-state index contributed by atoms with van der Waals surface area (Å²) < 4.78 is 17.6. The van der Waals surface area contributed by atoms with E-state index in [1.807, 2.05) is 24.3 Å². The van der Waals surface area contributed by atoms with Crippen LogP contribution in [0.25, 0.3) is 10.2 Å². The van der Waals surface area contributed by atoms with Crippen molar-refractivity contribution in [1.29, 1.82) is 0 Å². The van der Waals surface area contributed by atoms with Crippen LogP contribution >= 0.6 is 34.6 Å². The minimum Gasteiger partial charge on any atom is -0.374 e. The molecule has 0 saturated carbocycles. The van der Waals surface area contributed by atoms with Crippen molar-refractivity contribution in [3.8, 4) is 0 Å². The molecule has 0 aliphatic carbocycles. The highest BCUT2D eigenvalue weighted by Crippen LogP contribution is 2.30. The number of nitrogens with two attached hydrogens (primary N) is 1. The first kappa shape index (κ1) is 15.8. The van der Waals surface area contributed by atoms with E-state index in [0.717, 1.165) is 33.5 Å². The third kappa shape index (κ3) is 3.63. The van der Waals surface area contributed by atoms with E-state index < -0.39 is 12.0 Å². The molecule has 0 amide bonds. The van der Waals surface area contributed by atoms with Crippen LogP contribution in [0, 0.1) is 0 Å². The first-order valence-electron chi connectivity index (χ1n) is 6.10. The van der Waals surface area contributed by atoms with Gasteiger partial charge in [-0.25, -0.2) is 9.37 Å². The predicted molar refractivity (Wildman–Crippen MR) is 88.4 cm³/mol. The summed E-state index contributed by atoms with van der Waals surface area (Å²) in [7, 11) is 0. The normalized spacial score (nSPS) is 11.8.